The Morgan fingerprint density at radius 1 is 1.25 bits per heavy atom. The van der Waals surface area contributed by atoms with E-state index in [-0.39, 0.29) is 11.8 Å². The Kier molecular flexibility index (Phi) is 6.03. The summed E-state index contributed by atoms with van der Waals surface area (Å²) in [5, 5.41) is 5.49. The van der Waals surface area contributed by atoms with E-state index in [1.807, 2.05) is 0 Å². The fourth-order valence-corrected chi connectivity index (χ4v) is 1.72. The second-order valence-corrected chi connectivity index (χ2v) is 5.08. The molecular weight excluding hydrogens is 256 g/mol. The van der Waals surface area contributed by atoms with E-state index in [2.05, 4.69) is 24.5 Å². The summed E-state index contributed by atoms with van der Waals surface area (Å²) in [5.41, 5.74) is 1.19. The molecule has 0 aliphatic carbocycles. The minimum atomic E-state index is -0.160. The van der Waals surface area contributed by atoms with Crippen LogP contribution in [0.15, 0.2) is 18.2 Å². The van der Waals surface area contributed by atoms with Crippen LogP contribution < -0.4 is 15.4 Å². The van der Waals surface area contributed by atoms with Gasteiger partial charge in [-0.3, -0.25) is 9.59 Å². The number of anilines is 2. The van der Waals surface area contributed by atoms with Crippen molar-refractivity contribution in [1.82, 2.24) is 0 Å². The van der Waals surface area contributed by atoms with Gasteiger partial charge in [0, 0.05) is 19.0 Å². The molecule has 0 unspecified atom stereocenters. The van der Waals surface area contributed by atoms with Gasteiger partial charge in [-0.1, -0.05) is 13.8 Å². The first-order chi connectivity index (χ1) is 9.42. The van der Waals surface area contributed by atoms with E-state index in [1.165, 1.54) is 14.0 Å². The maximum absolute atomic E-state index is 11.9. The number of carbonyl (C=O) groups is 2. The number of ether oxygens (including phenoxy) is 1. The highest BCUT2D eigenvalue weighted by molar-refractivity contribution is 5.94. The third-order valence-corrected chi connectivity index (χ3v) is 2.74. The number of hydrogen-bond acceptors (Lipinski definition) is 3. The lowest BCUT2D eigenvalue weighted by molar-refractivity contribution is -0.116. The summed E-state index contributed by atoms with van der Waals surface area (Å²) >= 11 is 0. The van der Waals surface area contributed by atoms with Crippen LogP contribution >= 0.6 is 0 Å². The second-order valence-electron chi connectivity index (χ2n) is 5.08. The van der Waals surface area contributed by atoms with E-state index in [4.69, 9.17) is 4.74 Å². The molecule has 1 rings (SSSR count). The predicted molar refractivity (Wildman–Crippen MR) is 80.0 cm³/mol. The van der Waals surface area contributed by atoms with Gasteiger partial charge in [0.25, 0.3) is 0 Å². The number of methoxy groups -OCH3 is 1. The van der Waals surface area contributed by atoms with Crippen molar-refractivity contribution in [2.75, 3.05) is 17.7 Å². The van der Waals surface area contributed by atoms with Crippen molar-refractivity contribution in [3.63, 3.8) is 0 Å². The molecule has 110 valence electrons. The largest absolute Gasteiger partial charge is 0.495 e. The fraction of sp³-hybridized carbons (Fsp3) is 0.467. The van der Waals surface area contributed by atoms with Crippen molar-refractivity contribution in [2.45, 2.75) is 33.6 Å². The topological polar surface area (TPSA) is 67.4 Å². The third kappa shape index (κ3) is 5.30. The van der Waals surface area contributed by atoms with Gasteiger partial charge in [-0.15, -0.1) is 0 Å². The molecule has 0 saturated heterocycles. The summed E-state index contributed by atoms with van der Waals surface area (Å²) in [7, 11) is 1.54. The van der Waals surface area contributed by atoms with Gasteiger partial charge in [0.2, 0.25) is 11.8 Å². The van der Waals surface area contributed by atoms with E-state index in [0.717, 1.165) is 6.42 Å². The van der Waals surface area contributed by atoms with E-state index >= 15 is 0 Å². The standard InChI is InChI=1S/C15H22N2O3/c1-10(2)5-8-15(19)17-13-9-12(16-11(3)18)6-7-14(13)20-4/h6-7,9-10H,5,8H2,1-4H3,(H,16,18)(H,17,19). The molecule has 0 aliphatic rings. The average Bonchev–Trinajstić information content (AvgIpc) is 2.36. The highest BCUT2D eigenvalue weighted by Crippen LogP contribution is 2.28. The van der Waals surface area contributed by atoms with Crippen LogP contribution in [-0.2, 0) is 9.59 Å². The molecule has 0 aliphatic heterocycles. The quantitative estimate of drug-likeness (QED) is 0.840. The molecule has 1 aromatic rings. The molecule has 5 nitrogen and oxygen atoms in total. The Morgan fingerprint density at radius 2 is 1.95 bits per heavy atom. The summed E-state index contributed by atoms with van der Waals surface area (Å²) < 4.78 is 5.20. The van der Waals surface area contributed by atoms with Crippen LogP contribution in [-0.4, -0.2) is 18.9 Å². The number of nitrogens with one attached hydrogen (secondary N) is 2. The van der Waals surface area contributed by atoms with E-state index < -0.39 is 0 Å². The maximum atomic E-state index is 11.9. The zero-order valence-electron chi connectivity index (χ0n) is 12.4. The Balaban J connectivity index is 2.80. The molecule has 0 atom stereocenters. The summed E-state index contributed by atoms with van der Waals surface area (Å²) in [4.78, 5) is 22.9. The Labute approximate surface area is 119 Å². The molecule has 0 bridgehead atoms. The van der Waals surface area contributed by atoms with Crippen LogP contribution in [0.3, 0.4) is 0 Å². The van der Waals surface area contributed by atoms with Gasteiger partial charge in [-0.05, 0) is 30.5 Å². The molecule has 1 aromatic carbocycles. The normalized spacial score (nSPS) is 10.2. The second kappa shape index (κ2) is 7.53. The van der Waals surface area contributed by atoms with Gasteiger partial charge in [-0.2, -0.15) is 0 Å². The van der Waals surface area contributed by atoms with Gasteiger partial charge in [-0.25, -0.2) is 0 Å². The number of amides is 2. The molecule has 0 aromatic heterocycles. The Hall–Kier alpha value is -2.04. The van der Waals surface area contributed by atoms with Crippen molar-refractivity contribution in [3.05, 3.63) is 18.2 Å². The maximum Gasteiger partial charge on any atom is 0.224 e. The first-order valence-corrected chi connectivity index (χ1v) is 6.68. The van der Waals surface area contributed by atoms with Gasteiger partial charge in [0.05, 0.1) is 12.8 Å². The molecule has 2 amide bonds. The summed E-state index contributed by atoms with van der Waals surface area (Å²) in [5.74, 6) is 0.828. The predicted octanol–water partition coefficient (Wildman–Crippen LogP) is 3.03. The average molecular weight is 278 g/mol. The molecule has 0 fully saturated rings. The van der Waals surface area contributed by atoms with E-state index in [1.54, 1.807) is 18.2 Å². The van der Waals surface area contributed by atoms with Crippen LogP contribution in [0.2, 0.25) is 0 Å². The van der Waals surface area contributed by atoms with E-state index in [9.17, 15) is 9.59 Å². The van der Waals surface area contributed by atoms with Crippen LogP contribution in [0, 0.1) is 5.92 Å². The lowest BCUT2D eigenvalue weighted by Gasteiger charge is -2.12. The summed E-state index contributed by atoms with van der Waals surface area (Å²) in [6.45, 7) is 5.58. The van der Waals surface area contributed by atoms with Crippen LogP contribution in [0.25, 0.3) is 0 Å². The SMILES string of the molecule is COc1ccc(NC(C)=O)cc1NC(=O)CCC(C)C. The number of benzene rings is 1. The molecule has 0 spiro atoms. The molecule has 5 heteroatoms. The van der Waals surface area contributed by atoms with Crippen LogP contribution in [0.5, 0.6) is 5.75 Å². The zero-order valence-corrected chi connectivity index (χ0v) is 12.4. The molecule has 2 N–H and O–H groups in total. The lowest BCUT2D eigenvalue weighted by atomic mass is 10.1. The number of rotatable bonds is 6. The number of hydrogen-bond donors (Lipinski definition) is 2. The molecule has 0 heterocycles. The lowest BCUT2D eigenvalue weighted by Crippen LogP contribution is -2.13. The Morgan fingerprint density at radius 3 is 2.50 bits per heavy atom. The molecule has 0 radical (unpaired) electrons. The van der Waals surface area contributed by atoms with Crippen molar-refractivity contribution in [3.8, 4) is 5.75 Å². The van der Waals surface area contributed by atoms with Gasteiger partial charge in [0.1, 0.15) is 5.75 Å². The van der Waals surface area contributed by atoms with Crippen LogP contribution in [0.1, 0.15) is 33.6 Å². The van der Waals surface area contributed by atoms with Crippen molar-refractivity contribution in [2.24, 2.45) is 5.92 Å². The molecule has 20 heavy (non-hydrogen) atoms. The fourth-order valence-electron chi connectivity index (χ4n) is 1.72. The van der Waals surface area contributed by atoms with E-state index in [0.29, 0.717) is 29.5 Å². The summed E-state index contributed by atoms with van der Waals surface area (Å²) in [6, 6.07) is 5.13. The van der Waals surface area contributed by atoms with Crippen molar-refractivity contribution < 1.29 is 14.3 Å². The van der Waals surface area contributed by atoms with Gasteiger partial charge in [0.15, 0.2) is 0 Å². The first kappa shape index (κ1) is 16.0. The molecular formula is C15H22N2O3. The van der Waals surface area contributed by atoms with Crippen molar-refractivity contribution in [1.29, 1.82) is 0 Å². The minimum absolute atomic E-state index is 0.0584. The Bertz CT molecular complexity index is 484. The highest BCUT2D eigenvalue weighted by atomic mass is 16.5. The van der Waals surface area contributed by atoms with Gasteiger partial charge < -0.3 is 15.4 Å². The monoisotopic (exact) mass is 278 g/mol. The first-order valence-electron chi connectivity index (χ1n) is 6.68. The highest BCUT2D eigenvalue weighted by Gasteiger charge is 2.10. The number of carbonyl (C=O) groups excluding carboxylic acids is 2. The zero-order chi connectivity index (χ0) is 15.1. The summed E-state index contributed by atoms with van der Waals surface area (Å²) in [6.07, 6.45) is 1.30. The van der Waals surface area contributed by atoms with Gasteiger partial charge >= 0.3 is 0 Å². The minimum Gasteiger partial charge on any atom is -0.495 e. The third-order valence-electron chi connectivity index (χ3n) is 2.74. The smallest absolute Gasteiger partial charge is 0.224 e. The van der Waals surface area contributed by atoms with Crippen molar-refractivity contribution >= 4 is 23.2 Å². The molecule has 0 saturated carbocycles. The van der Waals surface area contributed by atoms with Crippen LogP contribution in [0.4, 0.5) is 11.4 Å².